The average molecular weight is 347 g/mol. The van der Waals surface area contributed by atoms with E-state index in [0.717, 1.165) is 6.07 Å². The summed E-state index contributed by atoms with van der Waals surface area (Å²) < 4.78 is 34.1. The van der Waals surface area contributed by atoms with Gasteiger partial charge in [-0.25, -0.2) is 8.42 Å². The second-order valence-electron chi connectivity index (χ2n) is 4.00. The van der Waals surface area contributed by atoms with E-state index >= 15 is 0 Å². The average Bonchev–Trinajstić information content (AvgIpc) is 2.45. The largest absolute Gasteiger partial charge is 1.00 e. The molecule has 0 fully saturated rings. The molecule has 0 bridgehead atoms. The molecule has 0 unspecified atom stereocenters. The van der Waals surface area contributed by atoms with Crippen molar-refractivity contribution in [3.05, 3.63) is 30.3 Å². The van der Waals surface area contributed by atoms with Gasteiger partial charge >= 0.3 is 29.6 Å². The second kappa shape index (κ2) is 7.44. The Balaban J connectivity index is 0.00000242. The summed E-state index contributed by atoms with van der Waals surface area (Å²) in [6.45, 7) is 0. The maximum absolute atomic E-state index is 11.4. The Morgan fingerprint density at radius 1 is 1.32 bits per heavy atom. The molecule has 22 heavy (non-hydrogen) atoms. The molecule has 0 radical (unpaired) electrons. The van der Waals surface area contributed by atoms with Crippen molar-refractivity contribution in [1.29, 1.82) is 0 Å². The van der Waals surface area contributed by atoms with Gasteiger partial charge in [0.05, 0.1) is 4.90 Å². The fourth-order valence-electron chi connectivity index (χ4n) is 1.75. The van der Waals surface area contributed by atoms with E-state index in [1.54, 1.807) is 12.1 Å². The first-order valence-electron chi connectivity index (χ1n) is 5.68. The summed E-state index contributed by atoms with van der Waals surface area (Å²) >= 11 is 4.77. The third-order valence-corrected chi connectivity index (χ3v) is 3.85. The van der Waals surface area contributed by atoms with Gasteiger partial charge in [0.1, 0.15) is 15.8 Å². The summed E-state index contributed by atoms with van der Waals surface area (Å²) in [6.07, 6.45) is 0. The molecule has 0 aliphatic carbocycles. The predicted octanol–water partition coefficient (Wildman–Crippen LogP) is -0.958. The van der Waals surface area contributed by atoms with Gasteiger partial charge < -0.3 is 15.0 Å². The molecule has 2 aromatic carbocycles. The number of benzene rings is 2. The Bertz CT molecular complexity index is 853. The van der Waals surface area contributed by atoms with Crippen molar-refractivity contribution in [2.24, 2.45) is 10.2 Å². The molecule has 10 heteroatoms. The van der Waals surface area contributed by atoms with Crippen LogP contribution in [0.1, 0.15) is 0 Å². The van der Waals surface area contributed by atoms with Gasteiger partial charge in [0, 0.05) is 17.8 Å². The number of nitrogens with zero attached hydrogens (tertiary/aromatic N) is 2. The number of phenols is 1. The van der Waals surface area contributed by atoms with Gasteiger partial charge in [0.15, 0.2) is 5.75 Å². The van der Waals surface area contributed by atoms with E-state index in [9.17, 15) is 18.1 Å². The van der Waals surface area contributed by atoms with Crippen LogP contribution >= 0.6 is 12.2 Å². The van der Waals surface area contributed by atoms with Crippen LogP contribution in [-0.4, -0.2) is 30.2 Å². The van der Waals surface area contributed by atoms with E-state index in [4.69, 9.17) is 12.2 Å². The summed E-state index contributed by atoms with van der Waals surface area (Å²) in [4.78, 5) is -0.472. The van der Waals surface area contributed by atoms with Gasteiger partial charge in [-0.15, -0.1) is 10.2 Å². The molecule has 0 aromatic heterocycles. The Morgan fingerprint density at radius 3 is 2.45 bits per heavy atom. The Kier molecular flexibility index (Phi) is 6.41. The third kappa shape index (κ3) is 4.00. The number of fused-ring (bicyclic) bond motifs is 1. The van der Waals surface area contributed by atoms with E-state index in [0.29, 0.717) is 0 Å². The number of nitrogens with one attached hydrogen (secondary N) is 1. The van der Waals surface area contributed by atoms with Crippen molar-refractivity contribution >= 4 is 43.9 Å². The number of aromatic hydroxyl groups is 1. The molecule has 0 atom stereocenters. The molecule has 110 valence electrons. The number of phenolic OH excluding ortho intramolecular Hbond substituents is 1. The quantitative estimate of drug-likeness (QED) is 0.313. The molecule has 0 heterocycles. The molecule has 2 N–H and O–H groups in total. The Labute approximate surface area is 154 Å². The number of azo groups is 1. The van der Waals surface area contributed by atoms with Gasteiger partial charge in [-0.1, -0.05) is 24.3 Å². The van der Waals surface area contributed by atoms with E-state index in [-0.39, 0.29) is 56.9 Å². The van der Waals surface area contributed by atoms with Crippen LogP contribution in [0, 0.1) is 0 Å². The topological polar surface area (TPSA) is 114 Å². The fraction of sp³-hybridized carbons (Fsp3) is 0.0833. The van der Waals surface area contributed by atoms with E-state index in [1.807, 2.05) is 0 Å². The molecule has 0 saturated heterocycles. The predicted molar refractivity (Wildman–Crippen MR) is 79.7 cm³/mol. The third-order valence-electron chi connectivity index (χ3n) is 2.69. The normalized spacial score (nSPS) is 11.4. The minimum Gasteiger partial charge on any atom is -0.744 e. The number of hydrogen-bond acceptors (Lipinski definition) is 6. The molecule has 0 amide bonds. The molecular weight excluding hydrogens is 337 g/mol. The van der Waals surface area contributed by atoms with Gasteiger partial charge in [-0.2, -0.15) is 0 Å². The summed E-state index contributed by atoms with van der Waals surface area (Å²) in [6, 6.07) is 7.05. The number of hydrogen-bond donors (Lipinski definition) is 2. The van der Waals surface area contributed by atoms with E-state index < -0.39 is 15.0 Å². The number of rotatable bonds is 2. The van der Waals surface area contributed by atoms with Crippen molar-refractivity contribution < 1.29 is 47.6 Å². The first kappa shape index (κ1) is 18.9. The smallest absolute Gasteiger partial charge is 0.744 e. The number of thiocarbonyl (C=S) groups is 1. The van der Waals surface area contributed by atoms with Crippen LogP contribution in [0.15, 0.2) is 45.5 Å². The molecule has 2 rings (SSSR count). The zero-order chi connectivity index (χ0) is 15.6. The maximum Gasteiger partial charge on any atom is 1.00 e. The zero-order valence-electron chi connectivity index (χ0n) is 11.8. The summed E-state index contributed by atoms with van der Waals surface area (Å²) in [7, 11) is -3.19. The fourth-order valence-corrected chi connectivity index (χ4v) is 2.49. The van der Waals surface area contributed by atoms with Gasteiger partial charge in [0.25, 0.3) is 0 Å². The molecule has 7 nitrogen and oxygen atoms in total. The molecule has 0 aliphatic rings. The summed E-state index contributed by atoms with van der Waals surface area (Å²) in [5.41, 5.74) is -0.152. The first-order chi connectivity index (χ1) is 9.84. The first-order valence-corrected chi connectivity index (χ1v) is 7.50. The molecular formula is C12H10N3NaO4S2. The van der Waals surface area contributed by atoms with Crippen LogP contribution in [0.4, 0.5) is 5.69 Å². The molecule has 2 aromatic rings. The minimum absolute atomic E-state index is 0. The van der Waals surface area contributed by atoms with Crippen molar-refractivity contribution in [3.63, 3.8) is 0 Å². The van der Waals surface area contributed by atoms with Crippen molar-refractivity contribution in [1.82, 2.24) is 5.32 Å². The van der Waals surface area contributed by atoms with Crippen LogP contribution in [0.3, 0.4) is 0 Å². The monoisotopic (exact) mass is 347 g/mol. The van der Waals surface area contributed by atoms with Gasteiger partial charge in [0.2, 0.25) is 5.11 Å². The van der Waals surface area contributed by atoms with Crippen LogP contribution in [0.2, 0.25) is 0 Å². The Morgan fingerprint density at radius 2 is 1.91 bits per heavy atom. The van der Waals surface area contributed by atoms with Crippen LogP contribution in [0.25, 0.3) is 10.8 Å². The summed E-state index contributed by atoms with van der Waals surface area (Å²) in [5, 5.41) is 20.3. The second-order valence-corrected chi connectivity index (χ2v) is 5.73. The maximum atomic E-state index is 11.4. The Hall–Kier alpha value is -1.10. The van der Waals surface area contributed by atoms with E-state index in [1.165, 1.54) is 19.2 Å². The zero-order valence-corrected chi connectivity index (χ0v) is 15.4. The van der Waals surface area contributed by atoms with Crippen molar-refractivity contribution in [2.75, 3.05) is 7.05 Å². The summed E-state index contributed by atoms with van der Waals surface area (Å²) in [5.74, 6) is -0.277. The van der Waals surface area contributed by atoms with Crippen LogP contribution in [0.5, 0.6) is 5.75 Å². The SMILES string of the molecule is CNC(=S)N=Nc1cc(S(=O)(=O)[O-])c2ccccc2c1O.[Na+]. The van der Waals surface area contributed by atoms with Gasteiger partial charge in [-0.05, 0) is 18.3 Å². The van der Waals surface area contributed by atoms with Crippen molar-refractivity contribution in [2.45, 2.75) is 4.90 Å². The standard InChI is InChI=1S/C12H11N3O4S2.Na/c1-13-12(20)15-14-9-6-10(21(17,18)19)7-4-2-3-5-8(7)11(9)16;/h2-6,16H,1H3,(H,13,20)(H,17,18,19);/q;+1/p-1. The van der Waals surface area contributed by atoms with Crippen LogP contribution < -0.4 is 34.9 Å². The molecule has 0 aliphatic heterocycles. The van der Waals surface area contributed by atoms with E-state index in [2.05, 4.69) is 15.5 Å². The molecule has 0 saturated carbocycles. The molecule has 0 spiro atoms. The minimum atomic E-state index is -4.72. The van der Waals surface area contributed by atoms with Crippen molar-refractivity contribution in [3.8, 4) is 5.75 Å². The van der Waals surface area contributed by atoms with Crippen LogP contribution in [-0.2, 0) is 10.1 Å². The van der Waals surface area contributed by atoms with Gasteiger partial charge in [-0.3, -0.25) is 0 Å².